The van der Waals surface area contributed by atoms with Crippen LogP contribution in [0.5, 0.6) is 0 Å². The summed E-state index contributed by atoms with van der Waals surface area (Å²) in [6.45, 7) is 2.21. The molecule has 2 heteroatoms. The molecule has 8 heavy (non-hydrogen) atoms. The predicted molar refractivity (Wildman–Crippen MR) is 32.4 cm³/mol. The average molecular weight is 115 g/mol. The van der Waals surface area contributed by atoms with Gasteiger partial charge in [-0.3, -0.25) is 0 Å². The fourth-order valence-corrected chi connectivity index (χ4v) is 0.872. The number of aliphatic hydroxyl groups is 1. The first-order valence-electron chi connectivity index (χ1n) is 3.09. The zero-order valence-electron chi connectivity index (χ0n) is 5.22. The Morgan fingerprint density at radius 3 is 2.38 bits per heavy atom. The largest absolute Gasteiger partial charge is 0.389 e. The minimum absolute atomic E-state index is 0.400. The lowest BCUT2D eigenvalue weighted by Crippen LogP contribution is -2.36. The molecule has 0 bridgehead atoms. The molecule has 0 aromatic heterocycles. The molecule has 1 rings (SSSR count). The van der Waals surface area contributed by atoms with Crippen molar-refractivity contribution in [2.24, 2.45) is 11.7 Å². The van der Waals surface area contributed by atoms with Crippen LogP contribution in [0.15, 0.2) is 0 Å². The molecule has 48 valence electrons. The van der Waals surface area contributed by atoms with Crippen molar-refractivity contribution in [1.29, 1.82) is 0 Å². The maximum Gasteiger partial charge on any atom is 0.0769 e. The van der Waals surface area contributed by atoms with Gasteiger partial charge in [-0.15, -0.1) is 0 Å². The van der Waals surface area contributed by atoms with E-state index < -0.39 is 5.60 Å². The SMILES string of the molecule is C[C@@](O)(CN)C1CC1. The summed E-state index contributed by atoms with van der Waals surface area (Å²) in [7, 11) is 0. The topological polar surface area (TPSA) is 46.2 Å². The van der Waals surface area contributed by atoms with E-state index in [2.05, 4.69) is 0 Å². The highest BCUT2D eigenvalue weighted by atomic mass is 16.3. The van der Waals surface area contributed by atoms with E-state index >= 15 is 0 Å². The Morgan fingerprint density at radius 2 is 2.25 bits per heavy atom. The van der Waals surface area contributed by atoms with Crippen LogP contribution in [0.1, 0.15) is 19.8 Å². The van der Waals surface area contributed by atoms with Gasteiger partial charge in [-0.2, -0.15) is 0 Å². The van der Waals surface area contributed by atoms with E-state index in [0.29, 0.717) is 12.5 Å². The molecule has 1 aliphatic carbocycles. The second-order valence-electron chi connectivity index (χ2n) is 2.84. The second-order valence-corrected chi connectivity index (χ2v) is 2.84. The Morgan fingerprint density at radius 1 is 1.75 bits per heavy atom. The minimum atomic E-state index is -0.569. The van der Waals surface area contributed by atoms with E-state index in [1.54, 1.807) is 0 Å². The molecule has 0 aromatic carbocycles. The molecule has 0 radical (unpaired) electrons. The minimum Gasteiger partial charge on any atom is -0.389 e. The van der Waals surface area contributed by atoms with Crippen LogP contribution < -0.4 is 5.73 Å². The molecule has 0 aliphatic heterocycles. The summed E-state index contributed by atoms with van der Waals surface area (Å²) >= 11 is 0. The second kappa shape index (κ2) is 1.71. The molecule has 2 nitrogen and oxygen atoms in total. The van der Waals surface area contributed by atoms with Crippen molar-refractivity contribution < 1.29 is 5.11 Å². The van der Waals surface area contributed by atoms with Crippen LogP contribution in [-0.2, 0) is 0 Å². The van der Waals surface area contributed by atoms with E-state index in [9.17, 15) is 5.11 Å². The summed E-state index contributed by atoms with van der Waals surface area (Å²) < 4.78 is 0. The van der Waals surface area contributed by atoms with Crippen molar-refractivity contribution in [3.63, 3.8) is 0 Å². The predicted octanol–water partition coefficient (Wildman–Crippen LogP) is 0.106. The molecule has 1 saturated carbocycles. The summed E-state index contributed by atoms with van der Waals surface area (Å²) in [5.41, 5.74) is 4.73. The van der Waals surface area contributed by atoms with Crippen LogP contribution in [0.25, 0.3) is 0 Å². The molecule has 0 spiro atoms. The van der Waals surface area contributed by atoms with Gasteiger partial charge in [0, 0.05) is 6.54 Å². The summed E-state index contributed by atoms with van der Waals surface area (Å²) in [5.74, 6) is 0.493. The molecule has 3 N–H and O–H groups in total. The van der Waals surface area contributed by atoms with Crippen LogP contribution in [0.2, 0.25) is 0 Å². The third kappa shape index (κ3) is 1.01. The fourth-order valence-electron chi connectivity index (χ4n) is 0.872. The van der Waals surface area contributed by atoms with Gasteiger partial charge in [-0.05, 0) is 25.7 Å². The highest BCUT2D eigenvalue weighted by Crippen LogP contribution is 2.38. The van der Waals surface area contributed by atoms with Crippen molar-refractivity contribution in [2.75, 3.05) is 6.54 Å². The van der Waals surface area contributed by atoms with Gasteiger partial charge in [0.15, 0.2) is 0 Å². The zero-order chi connectivity index (χ0) is 6.20. The summed E-state index contributed by atoms with van der Waals surface area (Å²) in [5, 5.41) is 9.34. The Hall–Kier alpha value is -0.0800. The molecule has 0 amide bonds. The first-order chi connectivity index (χ1) is 3.67. The number of hydrogen-bond donors (Lipinski definition) is 2. The van der Waals surface area contributed by atoms with Gasteiger partial charge in [0.1, 0.15) is 0 Å². The molecule has 0 saturated heterocycles. The Labute approximate surface area is 49.7 Å². The van der Waals surface area contributed by atoms with Crippen LogP contribution in [0, 0.1) is 5.92 Å². The Kier molecular flexibility index (Phi) is 1.29. The standard InChI is InChI=1S/C6H13NO/c1-6(8,4-7)5-2-3-5/h5,8H,2-4,7H2,1H3/t6-/m1/s1. The Bertz CT molecular complexity index is 86.5. The maximum absolute atomic E-state index is 9.34. The normalized spacial score (nSPS) is 27.4. The van der Waals surface area contributed by atoms with Crippen molar-refractivity contribution in [2.45, 2.75) is 25.4 Å². The fraction of sp³-hybridized carbons (Fsp3) is 1.00. The molecule has 1 atom stereocenters. The highest BCUT2D eigenvalue weighted by Gasteiger charge is 2.38. The molecular formula is C6H13NO. The van der Waals surface area contributed by atoms with Crippen LogP contribution in [-0.4, -0.2) is 17.3 Å². The van der Waals surface area contributed by atoms with E-state index in [-0.39, 0.29) is 0 Å². The van der Waals surface area contributed by atoms with Crippen molar-refractivity contribution >= 4 is 0 Å². The van der Waals surface area contributed by atoms with Crippen LogP contribution in [0.3, 0.4) is 0 Å². The van der Waals surface area contributed by atoms with Crippen molar-refractivity contribution in [3.05, 3.63) is 0 Å². The van der Waals surface area contributed by atoms with E-state index in [4.69, 9.17) is 5.73 Å². The van der Waals surface area contributed by atoms with E-state index in [0.717, 1.165) is 12.8 Å². The zero-order valence-corrected chi connectivity index (χ0v) is 5.22. The maximum atomic E-state index is 9.34. The lowest BCUT2D eigenvalue weighted by molar-refractivity contribution is 0.0460. The van der Waals surface area contributed by atoms with Gasteiger partial charge in [0.05, 0.1) is 5.60 Å². The van der Waals surface area contributed by atoms with Gasteiger partial charge >= 0.3 is 0 Å². The van der Waals surface area contributed by atoms with Gasteiger partial charge in [0.2, 0.25) is 0 Å². The van der Waals surface area contributed by atoms with Crippen molar-refractivity contribution in [1.82, 2.24) is 0 Å². The summed E-state index contributed by atoms with van der Waals surface area (Å²) in [4.78, 5) is 0. The van der Waals surface area contributed by atoms with Crippen molar-refractivity contribution in [3.8, 4) is 0 Å². The van der Waals surface area contributed by atoms with E-state index in [1.807, 2.05) is 6.92 Å². The average Bonchev–Trinajstić information content (AvgIpc) is 2.44. The number of nitrogens with two attached hydrogens (primary N) is 1. The van der Waals surface area contributed by atoms with Crippen LogP contribution in [0.4, 0.5) is 0 Å². The quantitative estimate of drug-likeness (QED) is 0.536. The molecule has 0 aromatic rings. The molecule has 0 heterocycles. The number of rotatable bonds is 2. The lowest BCUT2D eigenvalue weighted by Gasteiger charge is -2.19. The summed E-state index contributed by atoms with van der Waals surface area (Å²) in [6.07, 6.45) is 2.31. The van der Waals surface area contributed by atoms with E-state index in [1.165, 1.54) is 0 Å². The highest BCUT2D eigenvalue weighted by molar-refractivity contribution is 4.91. The molecule has 1 aliphatic rings. The van der Waals surface area contributed by atoms with Gasteiger partial charge in [-0.25, -0.2) is 0 Å². The van der Waals surface area contributed by atoms with Gasteiger partial charge in [-0.1, -0.05) is 0 Å². The first-order valence-corrected chi connectivity index (χ1v) is 3.09. The smallest absolute Gasteiger partial charge is 0.0769 e. The third-order valence-corrected chi connectivity index (χ3v) is 1.87. The third-order valence-electron chi connectivity index (χ3n) is 1.87. The molecule has 0 unspecified atom stereocenters. The molecule has 1 fully saturated rings. The number of hydrogen-bond acceptors (Lipinski definition) is 2. The Balaban J connectivity index is 2.37. The first kappa shape index (κ1) is 6.05. The monoisotopic (exact) mass is 115 g/mol. The lowest BCUT2D eigenvalue weighted by atomic mass is 10.0. The molecular weight excluding hydrogens is 102 g/mol. The van der Waals surface area contributed by atoms with Crippen LogP contribution >= 0.6 is 0 Å². The van der Waals surface area contributed by atoms with Gasteiger partial charge < -0.3 is 10.8 Å². The van der Waals surface area contributed by atoms with Gasteiger partial charge in [0.25, 0.3) is 0 Å². The summed E-state index contributed by atoms with van der Waals surface area (Å²) in [6, 6.07) is 0.